The van der Waals surface area contributed by atoms with Crippen molar-refractivity contribution < 1.29 is 23.1 Å². The maximum Gasteiger partial charge on any atom is 0.417 e. The van der Waals surface area contributed by atoms with Gasteiger partial charge in [0.1, 0.15) is 0 Å². The average Bonchev–Trinajstić information content (AvgIpc) is 2.68. The molecule has 4 aliphatic carbocycles. The fraction of sp³-hybridized carbons (Fsp3) is 0.708. The van der Waals surface area contributed by atoms with Crippen LogP contribution in [0.3, 0.4) is 0 Å². The third-order valence-corrected chi connectivity index (χ3v) is 8.82. The molecule has 4 saturated carbocycles. The number of hydrogen-bond acceptors (Lipinski definition) is 3. The molecular formula is C24H29ClF3NO2. The number of aliphatic hydroxyl groups is 1. The molecule has 0 radical (unpaired) electrons. The van der Waals surface area contributed by atoms with Gasteiger partial charge in [-0.3, -0.25) is 9.69 Å². The van der Waals surface area contributed by atoms with E-state index >= 15 is 0 Å². The molecular weight excluding hydrogens is 427 g/mol. The van der Waals surface area contributed by atoms with Crippen LogP contribution in [0.25, 0.3) is 0 Å². The highest BCUT2D eigenvalue weighted by Crippen LogP contribution is 2.60. The molecule has 1 heterocycles. The first kappa shape index (κ1) is 21.7. The van der Waals surface area contributed by atoms with Gasteiger partial charge in [-0.15, -0.1) is 0 Å². The molecule has 0 spiro atoms. The van der Waals surface area contributed by atoms with E-state index in [1.807, 2.05) is 0 Å². The van der Waals surface area contributed by atoms with Gasteiger partial charge in [0.25, 0.3) is 0 Å². The van der Waals surface area contributed by atoms with Gasteiger partial charge in [0.15, 0.2) is 5.78 Å². The third-order valence-electron chi connectivity index (χ3n) is 8.49. The quantitative estimate of drug-likeness (QED) is 0.658. The Labute approximate surface area is 185 Å². The third kappa shape index (κ3) is 3.93. The summed E-state index contributed by atoms with van der Waals surface area (Å²) in [7, 11) is 0. The van der Waals surface area contributed by atoms with Gasteiger partial charge < -0.3 is 5.11 Å². The van der Waals surface area contributed by atoms with Crippen molar-refractivity contribution in [1.29, 1.82) is 0 Å². The number of nitrogens with zero attached hydrogens (tertiary/aromatic N) is 1. The molecule has 1 aromatic rings. The van der Waals surface area contributed by atoms with E-state index in [9.17, 15) is 23.1 Å². The molecule has 3 nitrogen and oxygen atoms in total. The molecule has 0 unspecified atom stereocenters. The summed E-state index contributed by atoms with van der Waals surface area (Å²) in [5, 5.41) is 10.7. The smallest absolute Gasteiger partial charge is 0.385 e. The van der Waals surface area contributed by atoms with Gasteiger partial charge in [-0.1, -0.05) is 17.7 Å². The number of alkyl halides is 3. The number of halogens is 4. The zero-order valence-corrected chi connectivity index (χ0v) is 18.3. The zero-order chi connectivity index (χ0) is 22.0. The normalized spacial score (nSPS) is 34.8. The van der Waals surface area contributed by atoms with Gasteiger partial charge >= 0.3 is 6.18 Å². The Morgan fingerprint density at radius 1 is 1.06 bits per heavy atom. The molecule has 0 amide bonds. The van der Waals surface area contributed by atoms with Gasteiger partial charge in [0.2, 0.25) is 0 Å². The molecule has 5 aliphatic rings. The first-order valence-corrected chi connectivity index (χ1v) is 11.8. The first-order valence-electron chi connectivity index (χ1n) is 11.4. The van der Waals surface area contributed by atoms with E-state index in [4.69, 9.17) is 11.6 Å². The summed E-state index contributed by atoms with van der Waals surface area (Å²) in [6, 6.07) is 3.66. The van der Waals surface area contributed by atoms with Crippen molar-refractivity contribution in [2.75, 3.05) is 19.6 Å². The number of rotatable bonds is 4. The fourth-order valence-corrected chi connectivity index (χ4v) is 7.45. The highest BCUT2D eigenvalue weighted by molar-refractivity contribution is 6.31. The number of piperidine rings is 1. The molecule has 1 aliphatic heterocycles. The van der Waals surface area contributed by atoms with E-state index in [0.29, 0.717) is 38.3 Å². The zero-order valence-electron chi connectivity index (χ0n) is 17.6. The van der Waals surface area contributed by atoms with E-state index in [0.717, 1.165) is 43.1 Å². The Morgan fingerprint density at radius 3 is 2.13 bits per heavy atom. The minimum absolute atomic E-state index is 0.139. The Hall–Kier alpha value is -1.11. The summed E-state index contributed by atoms with van der Waals surface area (Å²) in [6.07, 6.45) is 3.06. The maximum absolute atomic E-state index is 13.3. The lowest BCUT2D eigenvalue weighted by Crippen LogP contribution is -2.53. The van der Waals surface area contributed by atoms with Crippen LogP contribution >= 0.6 is 11.6 Å². The summed E-state index contributed by atoms with van der Waals surface area (Å²) in [5.74, 6) is 2.50. The van der Waals surface area contributed by atoms with Crippen molar-refractivity contribution >= 4 is 17.4 Å². The SMILES string of the molecule is O=C(CN1CCC(O)(c2ccc(Cl)c(C(F)(F)F)c2)CC1)C12CC3CC(CC(C3)C1)C2. The molecule has 6 rings (SSSR count). The molecule has 0 atom stereocenters. The van der Waals surface area contributed by atoms with Gasteiger partial charge in [0, 0.05) is 18.5 Å². The number of benzene rings is 1. The van der Waals surface area contributed by atoms with Crippen LogP contribution < -0.4 is 0 Å². The van der Waals surface area contributed by atoms with Crippen molar-refractivity contribution in [1.82, 2.24) is 4.90 Å². The predicted octanol–water partition coefficient (Wildman–Crippen LogP) is 5.43. The fourth-order valence-electron chi connectivity index (χ4n) is 7.22. The summed E-state index contributed by atoms with van der Waals surface area (Å²) in [5.41, 5.74) is -2.14. The number of likely N-dealkylation sites (tertiary alicyclic amines) is 1. The number of carbonyl (C=O) groups excluding carboxylic acids is 1. The number of hydrogen-bond donors (Lipinski definition) is 1. The van der Waals surface area contributed by atoms with E-state index in [1.165, 1.54) is 31.4 Å². The van der Waals surface area contributed by atoms with E-state index < -0.39 is 17.3 Å². The van der Waals surface area contributed by atoms with Crippen LogP contribution in [0.1, 0.15) is 62.5 Å². The van der Waals surface area contributed by atoms with E-state index in [1.54, 1.807) is 0 Å². The highest BCUT2D eigenvalue weighted by atomic mass is 35.5. The minimum Gasteiger partial charge on any atom is -0.385 e. The van der Waals surface area contributed by atoms with Crippen LogP contribution in [0.2, 0.25) is 5.02 Å². The van der Waals surface area contributed by atoms with Crippen molar-refractivity contribution in [2.24, 2.45) is 23.2 Å². The van der Waals surface area contributed by atoms with Crippen molar-refractivity contribution in [3.05, 3.63) is 34.3 Å². The number of Topliss-reactive ketones (excluding diaryl/α,β-unsaturated/α-hetero) is 1. The molecule has 170 valence electrons. The molecule has 4 bridgehead atoms. The largest absolute Gasteiger partial charge is 0.417 e. The first-order chi connectivity index (χ1) is 14.6. The second kappa shape index (κ2) is 7.46. The monoisotopic (exact) mass is 455 g/mol. The molecule has 7 heteroatoms. The highest BCUT2D eigenvalue weighted by Gasteiger charge is 2.54. The van der Waals surface area contributed by atoms with E-state index in [-0.39, 0.29) is 16.0 Å². The van der Waals surface area contributed by atoms with Gasteiger partial charge in [-0.2, -0.15) is 13.2 Å². The molecule has 1 saturated heterocycles. The van der Waals surface area contributed by atoms with Crippen molar-refractivity contribution in [3.8, 4) is 0 Å². The van der Waals surface area contributed by atoms with Crippen LogP contribution in [0.5, 0.6) is 0 Å². The minimum atomic E-state index is -4.56. The van der Waals surface area contributed by atoms with Crippen LogP contribution in [0.15, 0.2) is 18.2 Å². The topological polar surface area (TPSA) is 40.5 Å². The van der Waals surface area contributed by atoms with Crippen LogP contribution in [-0.4, -0.2) is 35.4 Å². The lowest BCUT2D eigenvalue weighted by molar-refractivity contribution is -0.146. The maximum atomic E-state index is 13.3. The Balaban J connectivity index is 1.24. The van der Waals surface area contributed by atoms with Crippen LogP contribution in [0.4, 0.5) is 13.2 Å². The van der Waals surface area contributed by atoms with Gasteiger partial charge in [0.05, 0.1) is 22.7 Å². The second-order valence-electron chi connectivity index (χ2n) is 10.6. The summed E-state index contributed by atoms with van der Waals surface area (Å²) >= 11 is 5.73. The summed E-state index contributed by atoms with van der Waals surface area (Å²) in [4.78, 5) is 15.4. The number of carbonyl (C=O) groups is 1. The van der Waals surface area contributed by atoms with Crippen molar-refractivity contribution in [2.45, 2.75) is 63.1 Å². The molecule has 31 heavy (non-hydrogen) atoms. The average molecular weight is 456 g/mol. The van der Waals surface area contributed by atoms with E-state index in [2.05, 4.69) is 4.90 Å². The van der Waals surface area contributed by atoms with Crippen LogP contribution in [-0.2, 0) is 16.6 Å². The van der Waals surface area contributed by atoms with Gasteiger partial charge in [-0.25, -0.2) is 0 Å². The lowest BCUT2D eigenvalue weighted by Gasteiger charge is -2.56. The molecule has 1 N–H and O–H groups in total. The molecule has 5 fully saturated rings. The molecule has 1 aromatic carbocycles. The Morgan fingerprint density at radius 2 is 1.61 bits per heavy atom. The molecule has 0 aromatic heterocycles. The Kier molecular flexibility index (Phi) is 5.23. The van der Waals surface area contributed by atoms with Gasteiger partial charge in [-0.05, 0) is 86.8 Å². The summed E-state index contributed by atoms with van der Waals surface area (Å²) < 4.78 is 39.7. The number of ketones is 1. The van der Waals surface area contributed by atoms with Crippen molar-refractivity contribution in [3.63, 3.8) is 0 Å². The standard InChI is InChI=1S/C24H29ClF3NO2/c25-20-2-1-18(10-19(20)24(26,27)28)23(31)3-5-29(6-4-23)14-21(30)22-11-15-7-16(12-22)9-17(8-15)13-22/h1-2,10,15-17,31H,3-9,11-14H2. The lowest BCUT2D eigenvalue weighted by atomic mass is 9.48. The second-order valence-corrected chi connectivity index (χ2v) is 11.0. The Bertz CT molecular complexity index is 841. The van der Waals surface area contributed by atoms with Crippen LogP contribution in [0, 0.1) is 23.2 Å². The predicted molar refractivity (Wildman–Crippen MR) is 112 cm³/mol. The summed E-state index contributed by atoms with van der Waals surface area (Å²) in [6.45, 7) is 1.40.